The van der Waals surface area contributed by atoms with Crippen LogP contribution in [0.5, 0.6) is 0 Å². The average molecular weight is 243 g/mol. The fraction of sp³-hybridized carbons (Fsp3) is 1.00. The van der Waals surface area contributed by atoms with Gasteiger partial charge >= 0.3 is 0 Å². The topological polar surface area (TPSA) is 12.0 Å². The van der Waals surface area contributed by atoms with Gasteiger partial charge in [0.2, 0.25) is 0 Å². The van der Waals surface area contributed by atoms with E-state index in [2.05, 4.69) is 37.8 Å². The smallest absolute Gasteiger partial charge is 0.0201 e. The minimum absolute atomic E-state index is 0.764. The van der Waals surface area contributed by atoms with Gasteiger partial charge in [0, 0.05) is 11.3 Å². The maximum absolute atomic E-state index is 3.78. The third-order valence-corrected chi connectivity index (χ3v) is 5.19. The highest BCUT2D eigenvalue weighted by Crippen LogP contribution is 2.30. The number of hydrogen-bond donors (Lipinski definition) is 1. The third kappa shape index (κ3) is 5.09. The van der Waals surface area contributed by atoms with Crippen molar-refractivity contribution >= 4 is 11.8 Å². The maximum atomic E-state index is 3.78. The van der Waals surface area contributed by atoms with E-state index in [0.717, 1.165) is 17.2 Å². The molecule has 0 aliphatic carbocycles. The van der Waals surface area contributed by atoms with E-state index in [-0.39, 0.29) is 0 Å². The van der Waals surface area contributed by atoms with Crippen molar-refractivity contribution in [2.75, 3.05) is 12.3 Å². The Kier molecular flexibility index (Phi) is 7.55. The van der Waals surface area contributed by atoms with E-state index in [1.165, 1.54) is 50.8 Å². The molecule has 0 spiro atoms. The van der Waals surface area contributed by atoms with Gasteiger partial charge in [-0.2, -0.15) is 11.8 Å². The summed E-state index contributed by atoms with van der Waals surface area (Å²) in [5, 5.41) is 4.67. The summed E-state index contributed by atoms with van der Waals surface area (Å²) >= 11 is 2.21. The quantitative estimate of drug-likeness (QED) is 0.723. The van der Waals surface area contributed by atoms with Crippen molar-refractivity contribution in [1.82, 2.24) is 5.32 Å². The molecule has 0 radical (unpaired) electrons. The molecule has 1 rings (SSSR count). The van der Waals surface area contributed by atoms with Crippen LogP contribution in [0.2, 0.25) is 0 Å². The zero-order valence-electron chi connectivity index (χ0n) is 11.3. The van der Waals surface area contributed by atoms with Crippen molar-refractivity contribution in [3.8, 4) is 0 Å². The molecule has 2 heteroatoms. The molecule has 3 unspecified atom stereocenters. The van der Waals surface area contributed by atoms with Gasteiger partial charge in [0.15, 0.2) is 0 Å². The zero-order chi connectivity index (χ0) is 11.8. The van der Waals surface area contributed by atoms with Gasteiger partial charge in [-0.3, -0.25) is 0 Å². The Balaban J connectivity index is 2.40. The SMILES string of the molecule is CCCNC(CC(C)CC)C1CCCCS1. The first-order valence-corrected chi connectivity index (χ1v) is 8.17. The van der Waals surface area contributed by atoms with E-state index in [1.807, 2.05) is 0 Å². The molecular formula is C14H29NS. The van der Waals surface area contributed by atoms with Crippen LogP contribution in [0.4, 0.5) is 0 Å². The van der Waals surface area contributed by atoms with Crippen molar-refractivity contribution < 1.29 is 0 Å². The molecule has 16 heavy (non-hydrogen) atoms. The van der Waals surface area contributed by atoms with Gasteiger partial charge in [0.1, 0.15) is 0 Å². The minimum atomic E-state index is 0.764. The van der Waals surface area contributed by atoms with E-state index in [1.54, 1.807) is 0 Å². The molecule has 96 valence electrons. The summed E-state index contributed by atoms with van der Waals surface area (Å²) in [6.45, 7) is 8.17. The van der Waals surface area contributed by atoms with Crippen LogP contribution in [0.25, 0.3) is 0 Å². The Hall–Kier alpha value is 0.310. The van der Waals surface area contributed by atoms with E-state index in [9.17, 15) is 0 Å². The van der Waals surface area contributed by atoms with Crippen molar-refractivity contribution in [2.45, 2.75) is 70.6 Å². The van der Waals surface area contributed by atoms with Crippen molar-refractivity contribution in [3.05, 3.63) is 0 Å². The molecule has 0 aromatic rings. The molecule has 1 saturated heterocycles. The fourth-order valence-electron chi connectivity index (χ4n) is 2.38. The van der Waals surface area contributed by atoms with Crippen LogP contribution < -0.4 is 5.32 Å². The van der Waals surface area contributed by atoms with Crippen LogP contribution in [-0.2, 0) is 0 Å². The van der Waals surface area contributed by atoms with Crippen LogP contribution in [0.15, 0.2) is 0 Å². The van der Waals surface area contributed by atoms with Gasteiger partial charge in [-0.1, -0.05) is 33.6 Å². The van der Waals surface area contributed by atoms with Crippen molar-refractivity contribution in [1.29, 1.82) is 0 Å². The first-order valence-electron chi connectivity index (χ1n) is 7.12. The lowest BCUT2D eigenvalue weighted by Crippen LogP contribution is -2.41. The summed E-state index contributed by atoms with van der Waals surface area (Å²) in [6.07, 6.45) is 8.26. The van der Waals surface area contributed by atoms with Gasteiger partial charge in [0.25, 0.3) is 0 Å². The highest BCUT2D eigenvalue weighted by Gasteiger charge is 2.24. The average Bonchev–Trinajstić information content (AvgIpc) is 2.35. The molecule has 0 aromatic carbocycles. The Labute approximate surface area is 106 Å². The molecule has 1 N–H and O–H groups in total. The highest BCUT2D eigenvalue weighted by molar-refractivity contribution is 8.00. The minimum Gasteiger partial charge on any atom is -0.313 e. The summed E-state index contributed by atoms with van der Waals surface area (Å²) in [7, 11) is 0. The lowest BCUT2D eigenvalue weighted by Gasteiger charge is -2.32. The number of hydrogen-bond acceptors (Lipinski definition) is 2. The molecule has 1 heterocycles. The highest BCUT2D eigenvalue weighted by atomic mass is 32.2. The van der Waals surface area contributed by atoms with E-state index in [4.69, 9.17) is 0 Å². The lowest BCUT2D eigenvalue weighted by molar-refractivity contribution is 0.372. The molecule has 1 aliphatic heterocycles. The van der Waals surface area contributed by atoms with Gasteiger partial charge in [-0.15, -0.1) is 0 Å². The zero-order valence-corrected chi connectivity index (χ0v) is 12.1. The van der Waals surface area contributed by atoms with Crippen LogP contribution in [0.3, 0.4) is 0 Å². The molecule has 0 aromatic heterocycles. The van der Waals surface area contributed by atoms with Crippen LogP contribution in [0.1, 0.15) is 59.3 Å². The summed E-state index contributed by atoms with van der Waals surface area (Å²) in [4.78, 5) is 0. The molecule has 0 bridgehead atoms. The fourth-order valence-corrected chi connectivity index (χ4v) is 3.83. The maximum Gasteiger partial charge on any atom is 0.0201 e. The number of nitrogens with one attached hydrogen (secondary N) is 1. The monoisotopic (exact) mass is 243 g/mol. The second-order valence-corrected chi connectivity index (χ2v) is 6.56. The summed E-state index contributed by atoms with van der Waals surface area (Å²) in [5.41, 5.74) is 0. The van der Waals surface area contributed by atoms with Crippen LogP contribution in [0, 0.1) is 5.92 Å². The van der Waals surface area contributed by atoms with Gasteiger partial charge in [0.05, 0.1) is 0 Å². The third-order valence-electron chi connectivity index (χ3n) is 3.67. The number of rotatable bonds is 7. The predicted octanol–water partition coefficient (Wildman–Crippen LogP) is 4.08. The normalized spacial score (nSPS) is 25.3. The Morgan fingerprint density at radius 1 is 1.31 bits per heavy atom. The Morgan fingerprint density at radius 2 is 2.12 bits per heavy atom. The largest absolute Gasteiger partial charge is 0.313 e. The molecule has 0 amide bonds. The first kappa shape index (κ1) is 14.4. The van der Waals surface area contributed by atoms with Crippen LogP contribution >= 0.6 is 11.8 Å². The number of thioether (sulfide) groups is 1. The van der Waals surface area contributed by atoms with Gasteiger partial charge in [-0.25, -0.2) is 0 Å². The summed E-state index contributed by atoms with van der Waals surface area (Å²) < 4.78 is 0. The standard InChI is InChI=1S/C14H29NS/c1-4-9-15-13(11-12(3)5-2)14-8-6-7-10-16-14/h12-15H,4-11H2,1-3H3. The Morgan fingerprint density at radius 3 is 2.69 bits per heavy atom. The molecule has 3 atom stereocenters. The predicted molar refractivity (Wildman–Crippen MR) is 76.3 cm³/mol. The first-order chi connectivity index (χ1) is 7.77. The van der Waals surface area contributed by atoms with Crippen molar-refractivity contribution in [3.63, 3.8) is 0 Å². The molecule has 1 nitrogen and oxygen atoms in total. The van der Waals surface area contributed by atoms with Crippen molar-refractivity contribution in [2.24, 2.45) is 5.92 Å². The second kappa shape index (κ2) is 8.41. The second-order valence-electron chi connectivity index (χ2n) is 5.21. The molecular weight excluding hydrogens is 214 g/mol. The van der Waals surface area contributed by atoms with Gasteiger partial charge in [-0.05, 0) is 43.9 Å². The summed E-state index contributed by atoms with van der Waals surface area (Å²) in [5.74, 6) is 2.26. The van der Waals surface area contributed by atoms with Gasteiger partial charge < -0.3 is 5.32 Å². The molecule has 1 aliphatic rings. The molecule has 0 saturated carbocycles. The summed E-state index contributed by atoms with van der Waals surface area (Å²) in [6, 6.07) is 0.764. The van der Waals surface area contributed by atoms with E-state index >= 15 is 0 Å². The molecule has 1 fully saturated rings. The Bertz CT molecular complexity index is 166. The van der Waals surface area contributed by atoms with E-state index in [0.29, 0.717) is 0 Å². The van der Waals surface area contributed by atoms with E-state index < -0.39 is 0 Å². The lowest BCUT2D eigenvalue weighted by atomic mass is 9.95. The van der Waals surface area contributed by atoms with Crippen LogP contribution in [-0.4, -0.2) is 23.6 Å².